The van der Waals surface area contributed by atoms with Gasteiger partial charge in [0.05, 0.1) is 18.4 Å². The molecule has 5 rings (SSSR count). The molecule has 3 heterocycles. The van der Waals surface area contributed by atoms with Gasteiger partial charge in [0.25, 0.3) is 0 Å². The third kappa shape index (κ3) is 5.03. The quantitative estimate of drug-likeness (QED) is 0.304. The maximum Gasteiger partial charge on any atom is 0.173 e. The molecule has 7 nitrogen and oxygen atoms in total. The summed E-state index contributed by atoms with van der Waals surface area (Å²) in [5.74, 6) is -2.23. The minimum atomic E-state index is -1.77. The lowest BCUT2D eigenvalue weighted by Gasteiger charge is -2.34. The minimum Gasteiger partial charge on any atom is -0.382 e. The molecule has 0 aliphatic carbocycles. The molecule has 37 heavy (non-hydrogen) atoms. The van der Waals surface area contributed by atoms with Gasteiger partial charge in [0.1, 0.15) is 29.9 Å². The maximum atomic E-state index is 14.9. The van der Waals surface area contributed by atoms with E-state index in [-0.39, 0.29) is 12.1 Å². The molecule has 0 amide bonds. The first-order valence-electron chi connectivity index (χ1n) is 11.6. The minimum absolute atomic E-state index is 0.0445. The lowest BCUT2D eigenvalue weighted by atomic mass is 9.79. The molecule has 0 aliphatic rings. The van der Waals surface area contributed by atoms with Crippen LogP contribution in [-0.4, -0.2) is 34.4 Å². The molecule has 2 atom stereocenters. The zero-order valence-corrected chi connectivity index (χ0v) is 21.0. The number of aliphatic hydroxyl groups is 1. The van der Waals surface area contributed by atoms with Gasteiger partial charge in [0.2, 0.25) is 0 Å². The summed E-state index contributed by atoms with van der Waals surface area (Å²) in [6.45, 7) is 1.66. The third-order valence-electron chi connectivity index (χ3n) is 6.41. The van der Waals surface area contributed by atoms with E-state index >= 15 is 0 Å². The third-order valence-corrected chi connectivity index (χ3v) is 7.48. The number of hydrogen-bond acceptors (Lipinski definition) is 6. The highest BCUT2D eigenvalue weighted by molar-refractivity contribution is 7.99. The Bertz CT molecular complexity index is 1490. The van der Waals surface area contributed by atoms with E-state index in [2.05, 4.69) is 20.1 Å². The van der Waals surface area contributed by atoms with Crippen molar-refractivity contribution in [3.8, 4) is 11.3 Å². The van der Waals surface area contributed by atoms with Crippen LogP contribution in [0.3, 0.4) is 0 Å². The van der Waals surface area contributed by atoms with Crippen LogP contribution in [-0.2, 0) is 19.2 Å². The second kappa shape index (κ2) is 10.2. The smallest absolute Gasteiger partial charge is 0.173 e. The molecule has 0 unspecified atom stereocenters. The fourth-order valence-electron chi connectivity index (χ4n) is 4.26. The van der Waals surface area contributed by atoms with Crippen LogP contribution in [0.2, 0.25) is 0 Å². The van der Waals surface area contributed by atoms with Crippen molar-refractivity contribution in [2.75, 3.05) is 0 Å². The Morgan fingerprint density at radius 1 is 1.03 bits per heavy atom. The largest absolute Gasteiger partial charge is 0.382 e. The van der Waals surface area contributed by atoms with Crippen LogP contribution in [0.4, 0.5) is 8.78 Å². The van der Waals surface area contributed by atoms with Crippen molar-refractivity contribution >= 4 is 11.8 Å². The lowest BCUT2D eigenvalue weighted by Crippen LogP contribution is -2.38. The standard InChI is InChI=1S/C27H24F2N6OS/c1-18(27(36,15-35-17-30-16-33-35)22-10-9-20(28)12-23(22)29)24-11-8-19(13-31-24)25-14-32-26(34(25)2)37-21-6-4-3-5-7-21/h3-14,16-18,36H,15H2,1-2H3/t18-,27+/m1/s1. The molecular formula is C27H24F2N6OS. The predicted octanol–water partition coefficient (Wildman–Crippen LogP) is 5.19. The van der Waals surface area contributed by atoms with Gasteiger partial charge in [0.15, 0.2) is 5.16 Å². The van der Waals surface area contributed by atoms with Crippen LogP contribution >= 0.6 is 11.8 Å². The van der Waals surface area contributed by atoms with E-state index in [1.54, 1.807) is 37.1 Å². The topological polar surface area (TPSA) is 81.6 Å². The summed E-state index contributed by atoms with van der Waals surface area (Å²) in [6, 6.07) is 16.8. The van der Waals surface area contributed by atoms with Crippen molar-refractivity contribution in [1.82, 2.24) is 29.3 Å². The Morgan fingerprint density at radius 2 is 1.84 bits per heavy atom. The number of rotatable bonds is 8. The second-order valence-corrected chi connectivity index (χ2v) is 9.78. The summed E-state index contributed by atoms with van der Waals surface area (Å²) in [4.78, 5) is 14.2. The molecule has 3 aromatic heterocycles. The van der Waals surface area contributed by atoms with Gasteiger partial charge in [-0.25, -0.2) is 23.4 Å². The van der Waals surface area contributed by atoms with E-state index in [0.717, 1.165) is 33.4 Å². The summed E-state index contributed by atoms with van der Waals surface area (Å²) >= 11 is 1.57. The van der Waals surface area contributed by atoms with Crippen molar-refractivity contribution in [3.05, 3.63) is 109 Å². The first-order chi connectivity index (χ1) is 17.8. The summed E-state index contributed by atoms with van der Waals surface area (Å²) in [5.41, 5.74) is 0.450. The molecule has 0 aliphatic heterocycles. The Morgan fingerprint density at radius 3 is 2.51 bits per heavy atom. The molecule has 0 saturated heterocycles. The molecule has 0 spiro atoms. The van der Waals surface area contributed by atoms with Gasteiger partial charge in [0, 0.05) is 46.9 Å². The highest BCUT2D eigenvalue weighted by Crippen LogP contribution is 2.39. The lowest BCUT2D eigenvalue weighted by molar-refractivity contribution is -0.0123. The van der Waals surface area contributed by atoms with Crippen LogP contribution in [0, 0.1) is 11.6 Å². The van der Waals surface area contributed by atoms with Gasteiger partial charge in [-0.1, -0.05) is 43.0 Å². The summed E-state index contributed by atoms with van der Waals surface area (Å²) in [5, 5.41) is 16.7. The maximum absolute atomic E-state index is 14.9. The molecule has 10 heteroatoms. The molecule has 0 radical (unpaired) electrons. The fraction of sp³-hybridized carbons (Fsp3) is 0.185. The summed E-state index contributed by atoms with van der Waals surface area (Å²) < 4.78 is 31.9. The van der Waals surface area contributed by atoms with Crippen molar-refractivity contribution in [2.24, 2.45) is 7.05 Å². The number of aromatic nitrogens is 6. The van der Waals surface area contributed by atoms with Gasteiger partial charge >= 0.3 is 0 Å². The number of nitrogens with zero attached hydrogens (tertiary/aromatic N) is 6. The summed E-state index contributed by atoms with van der Waals surface area (Å²) in [7, 11) is 1.94. The van der Waals surface area contributed by atoms with Gasteiger partial charge in [-0.05, 0) is 30.3 Å². The molecule has 1 N–H and O–H groups in total. The zero-order chi connectivity index (χ0) is 26.0. The van der Waals surface area contributed by atoms with Crippen LogP contribution < -0.4 is 0 Å². The highest BCUT2D eigenvalue weighted by Gasteiger charge is 2.40. The number of halogens is 2. The first kappa shape index (κ1) is 24.8. The molecular weight excluding hydrogens is 494 g/mol. The average Bonchev–Trinajstić information content (AvgIpc) is 3.54. The second-order valence-electron chi connectivity index (χ2n) is 8.74. The zero-order valence-electron chi connectivity index (χ0n) is 20.2. The monoisotopic (exact) mass is 518 g/mol. The van der Waals surface area contributed by atoms with Gasteiger partial charge < -0.3 is 9.67 Å². The highest BCUT2D eigenvalue weighted by atomic mass is 32.2. The van der Waals surface area contributed by atoms with E-state index in [4.69, 9.17) is 0 Å². The molecule has 0 saturated carbocycles. The fourth-order valence-corrected chi connectivity index (χ4v) is 5.11. The average molecular weight is 519 g/mol. The molecule has 188 valence electrons. The van der Waals surface area contributed by atoms with Crippen molar-refractivity contribution in [2.45, 2.75) is 35.0 Å². The number of benzene rings is 2. The van der Waals surface area contributed by atoms with Crippen LogP contribution in [0.1, 0.15) is 24.1 Å². The van der Waals surface area contributed by atoms with E-state index in [1.807, 2.05) is 48.0 Å². The number of hydrogen-bond donors (Lipinski definition) is 1. The van der Waals surface area contributed by atoms with Crippen molar-refractivity contribution in [3.63, 3.8) is 0 Å². The first-order valence-corrected chi connectivity index (χ1v) is 12.4. The van der Waals surface area contributed by atoms with Crippen LogP contribution in [0.15, 0.2) is 95.8 Å². The van der Waals surface area contributed by atoms with Crippen molar-refractivity contribution in [1.29, 1.82) is 0 Å². The van der Waals surface area contributed by atoms with E-state index in [9.17, 15) is 13.9 Å². The summed E-state index contributed by atoms with van der Waals surface area (Å²) in [6.07, 6.45) is 6.26. The van der Waals surface area contributed by atoms with E-state index < -0.39 is 23.2 Å². The van der Waals surface area contributed by atoms with Crippen LogP contribution in [0.25, 0.3) is 11.3 Å². The van der Waals surface area contributed by atoms with Gasteiger partial charge in [-0.2, -0.15) is 5.10 Å². The normalized spacial score (nSPS) is 13.9. The Hall–Kier alpha value is -3.89. The Labute approximate surface area is 216 Å². The Kier molecular flexibility index (Phi) is 6.86. The van der Waals surface area contributed by atoms with E-state index in [1.165, 1.54) is 23.4 Å². The van der Waals surface area contributed by atoms with Gasteiger partial charge in [-0.3, -0.25) is 4.98 Å². The molecule has 0 fully saturated rings. The van der Waals surface area contributed by atoms with Crippen molar-refractivity contribution < 1.29 is 13.9 Å². The van der Waals surface area contributed by atoms with Crippen LogP contribution in [0.5, 0.6) is 0 Å². The van der Waals surface area contributed by atoms with E-state index in [0.29, 0.717) is 5.69 Å². The molecule has 2 aromatic carbocycles. The number of imidazole rings is 1. The molecule has 0 bridgehead atoms. The Balaban J connectivity index is 1.44. The van der Waals surface area contributed by atoms with Gasteiger partial charge in [-0.15, -0.1) is 0 Å². The molecule has 5 aromatic rings. The predicted molar refractivity (Wildman–Crippen MR) is 136 cm³/mol. The number of pyridine rings is 1. The SMILES string of the molecule is C[C@H](c1ccc(-c2cnc(Sc3ccccc3)n2C)cn1)[C@@](O)(Cn1cncn1)c1ccc(F)cc1F.